The normalized spacial score (nSPS) is 17.8. The van der Waals surface area contributed by atoms with Crippen molar-refractivity contribution in [1.82, 2.24) is 10.4 Å². The van der Waals surface area contributed by atoms with Crippen LogP contribution in [0.5, 0.6) is 0 Å². The fourth-order valence-electron chi connectivity index (χ4n) is 2.37. The van der Waals surface area contributed by atoms with E-state index in [1.54, 1.807) is 0 Å². The van der Waals surface area contributed by atoms with Crippen LogP contribution in [0.15, 0.2) is 41.6 Å². The molecule has 0 saturated heterocycles. The van der Waals surface area contributed by atoms with Crippen LogP contribution in [0, 0.1) is 11.6 Å². The molecule has 3 rings (SSSR count). The average Bonchev–Trinajstić information content (AvgIpc) is 2.96. The van der Waals surface area contributed by atoms with Crippen LogP contribution in [0.4, 0.5) is 22.0 Å². The van der Waals surface area contributed by atoms with E-state index in [1.807, 2.05) is 0 Å². The first-order valence-electron chi connectivity index (χ1n) is 6.65. The second-order valence-electron chi connectivity index (χ2n) is 5.01. The van der Waals surface area contributed by atoms with Gasteiger partial charge in [-0.3, -0.25) is 4.98 Å². The highest BCUT2D eigenvalue weighted by atomic mass is 19.4. The summed E-state index contributed by atoms with van der Waals surface area (Å²) in [6, 6.07) is 5.81. The largest absolute Gasteiger partial charge is 0.417 e. The van der Waals surface area contributed by atoms with E-state index in [4.69, 9.17) is 0 Å². The summed E-state index contributed by atoms with van der Waals surface area (Å²) < 4.78 is 64.8. The number of halogens is 5. The van der Waals surface area contributed by atoms with Gasteiger partial charge in [-0.25, -0.2) is 8.78 Å². The standard InChI is InChI=1S/C15H10F5N3/c16-10-3-1-8(2-4-10)13-11(7-22-23-13)14-12(17)5-9(6-21-14)15(18,19)20/h1-6,11,22H,7H2. The summed E-state index contributed by atoms with van der Waals surface area (Å²) in [5.74, 6) is -2.14. The lowest BCUT2D eigenvalue weighted by Gasteiger charge is -2.14. The van der Waals surface area contributed by atoms with E-state index >= 15 is 0 Å². The van der Waals surface area contributed by atoms with Crippen LogP contribution >= 0.6 is 0 Å². The smallest absolute Gasteiger partial charge is 0.309 e. The van der Waals surface area contributed by atoms with Gasteiger partial charge in [0.05, 0.1) is 22.9 Å². The molecule has 1 aromatic heterocycles. The van der Waals surface area contributed by atoms with Gasteiger partial charge in [-0.15, -0.1) is 0 Å². The van der Waals surface area contributed by atoms with Crippen LogP contribution in [0.1, 0.15) is 22.7 Å². The molecule has 1 aromatic carbocycles. The first-order chi connectivity index (χ1) is 10.9. The van der Waals surface area contributed by atoms with Crippen molar-refractivity contribution in [3.05, 3.63) is 65.0 Å². The molecule has 1 unspecified atom stereocenters. The number of aromatic nitrogens is 1. The summed E-state index contributed by atoms with van der Waals surface area (Å²) in [5.41, 5.74) is 2.33. The van der Waals surface area contributed by atoms with Crippen LogP contribution < -0.4 is 5.43 Å². The molecule has 2 aromatic rings. The maximum Gasteiger partial charge on any atom is 0.417 e. The molecule has 0 fully saturated rings. The molecular formula is C15H10F5N3. The summed E-state index contributed by atoms with van der Waals surface area (Å²) in [6.07, 6.45) is -4.06. The Morgan fingerprint density at radius 2 is 1.78 bits per heavy atom. The zero-order valence-electron chi connectivity index (χ0n) is 11.5. The van der Waals surface area contributed by atoms with Crippen molar-refractivity contribution in [3.63, 3.8) is 0 Å². The maximum atomic E-state index is 14.1. The van der Waals surface area contributed by atoms with E-state index in [0.717, 1.165) is 0 Å². The number of pyridine rings is 1. The van der Waals surface area contributed by atoms with E-state index in [9.17, 15) is 22.0 Å². The lowest BCUT2D eigenvalue weighted by atomic mass is 9.93. The Balaban J connectivity index is 1.95. The molecule has 1 N–H and O–H groups in total. The number of hydrazone groups is 1. The molecule has 8 heteroatoms. The van der Waals surface area contributed by atoms with E-state index in [1.165, 1.54) is 24.3 Å². The highest BCUT2D eigenvalue weighted by molar-refractivity contribution is 6.05. The minimum absolute atomic E-state index is 0.133. The van der Waals surface area contributed by atoms with Crippen molar-refractivity contribution in [1.29, 1.82) is 0 Å². The SMILES string of the molecule is Fc1ccc(C2=NNCC2c2ncc(C(F)(F)F)cc2F)cc1. The molecule has 0 bridgehead atoms. The number of rotatable bonds is 2. The van der Waals surface area contributed by atoms with Gasteiger partial charge < -0.3 is 5.43 Å². The van der Waals surface area contributed by atoms with Crippen LogP contribution in [-0.2, 0) is 6.18 Å². The zero-order chi connectivity index (χ0) is 16.6. The lowest BCUT2D eigenvalue weighted by Crippen LogP contribution is -2.18. The van der Waals surface area contributed by atoms with Gasteiger partial charge in [-0.1, -0.05) is 12.1 Å². The minimum Gasteiger partial charge on any atom is -0.309 e. The average molecular weight is 327 g/mol. The van der Waals surface area contributed by atoms with Gasteiger partial charge >= 0.3 is 6.18 Å². The molecular weight excluding hydrogens is 317 g/mol. The van der Waals surface area contributed by atoms with E-state index < -0.39 is 29.3 Å². The molecule has 1 aliphatic heterocycles. The Kier molecular flexibility index (Phi) is 3.75. The Bertz CT molecular complexity index is 753. The summed E-state index contributed by atoms with van der Waals surface area (Å²) in [4.78, 5) is 3.63. The molecule has 0 aliphatic carbocycles. The van der Waals surface area contributed by atoms with Crippen molar-refractivity contribution in [2.45, 2.75) is 12.1 Å². The number of nitrogens with zero attached hydrogens (tertiary/aromatic N) is 2. The topological polar surface area (TPSA) is 37.3 Å². The number of nitrogens with one attached hydrogen (secondary N) is 1. The summed E-state index contributed by atoms with van der Waals surface area (Å²) in [7, 11) is 0. The first-order valence-corrected chi connectivity index (χ1v) is 6.65. The molecule has 1 aliphatic rings. The third-order valence-electron chi connectivity index (χ3n) is 3.49. The molecule has 0 saturated carbocycles. The molecule has 0 radical (unpaired) electrons. The summed E-state index contributed by atoms with van der Waals surface area (Å²) in [5, 5.41) is 4.02. The van der Waals surface area contributed by atoms with E-state index in [0.29, 0.717) is 23.5 Å². The highest BCUT2D eigenvalue weighted by Gasteiger charge is 2.34. The van der Waals surface area contributed by atoms with Crippen LogP contribution in [0.3, 0.4) is 0 Å². The van der Waals surface area contributed by atoms with Gasteiger partial charge in [0.15, 0.2) is 0 Å². The first kappa shape index (κ1) is 15.4. The Morgan fingerprint density at radius 1 is 1.09 bits per heavy atom. The third kappa shape index (κ3) is 3.01. The van der Waals surface area contributed by atoms with Gasteiger partial charge in [0.25, 0.3) is 0 Å². The predicted molar refractivity (Wildman–Crippen MR) is 72.9 cm³/mol. The second-order valence-corrected chi connectivity index (χ2v) is 5.01. The molecule has 1 atom stereocenters. The monoisotopic (exact) mass is 327 g/mol. The maximum absolute atomic E-state index is 14.1. The number of hydrogen-bond acceptors (Lipinski definition) is 3. The molecule has 0 amide bonds. The van der Waals surface area contributed by atoms with Crippen LogP contribution in [-0.4, -0.2) is 17.2 Å². The van der Waals surface area contributed by atoms with Crippen molar-refractivity contribution < 1.29 is 22.0 Å². The Hall–Kier alpha value is -2.51. The number of hydrogen-bond donors (Lipinski definition) is 1. The van der Waals surface area contributed by atoms with Gasteiger partial charge in [0.1, 0.15) is 11.6 Å². The minimum atomic E-state index is -4.66. The molecule has 2 heterocycles. The number of benzene rings is 1. The van der Waals surface area contributed by atoms with Crippen molar-refractivity contribution >= 4 is 5.71 Å². The summed E-state index contributed by atoms with van der Waals surface area (Å²) >= 11 is 0. The molecule has 120 valence electrons. The van der Waals surface area contributed by atoms with Crippen molar-refractivity contribution in [2.75, 3.05) is 6.54 Å². The fourth-order valence-corrected chi connectivity index (χ4v) is 2.37. The number of alkyl halides is 3. The predicted octanol–water partition coefficient (Wildman–Crippen LogP) is 3.47. The van der Waals surface area contributed by atoms with Crippen molar-refractivity contribution in [3.8, 4) is 0 Å². The Morgan fingerprint density at radius 3 is 2.39 bits per heavy atom. The van der Waals surface area contributed by atoms with Gasteiger partial charge in [0, 0.05) is 12.7 Å². The molecule has 0 spiro atoms. The molecule has 3 nitrogen and oxygen atoms in total. The van der Waals surface area contributed by atoms with Crippen LogP contribution in [0.2, 0.25) is 0 Å². The summed E-state index contributed by atoms with van der Waals surface area (Å²) in [6.45, 7) is 0.196. The van der Waals surface area contributed by atoms with Crippen LogP contribution in [0.25, 0.3) is 0 Å². The highest BCUT2D eigenvalue weighted by Crippen LogP contribution is 2.32. The fraction of sp³-hybridized carbons (Fsp3) is 0.200. The Labute approximate surface area is 127 Å². The van der Waals surface area contributed by atoms with Gasteiger partial charge in [-0.05, 0) is 23.8 Å². The molecule has 23 heavy (non-hydrogen) atoms. The van der Waals surface area contributed by atoms with Gasteiger partial charge in [-0.2, -0.15) is 18.3 Å². The van der Waals surface area contributed by atoms with Crippen molar-refractivity contribution in [2.24, 2.45) is 5.10 Å². The quantitative estimate of drug-likeness (QED) is 0.858. The van der Waals surface area contributed by atoms with E-state index in [2.05, 4.69) is 15.5 Å². The third-order valence-corrected chi connectivity index (χ3v) is 3.49. The zero-order valence-corrected chi connectivity index (χ0v) is 11.5. The van der Waals surface area contributed by atoms with Gasteiger partial charge in [0.2, 0.25) is 0 Å². The second kappa shape index (κ2) is 5.60. The lowest BCUT2D eigenvalue weighted by molar-refractivity contribution is -0.138. The van der Waals surface area contributed by atoms with E-state index in [-0.39, 0.29) is 12.2 Å².